The first kappa shape index (κ1) is 17.4. The van der Waals surface area contributed by atoms with Crippen LogP contribution >= 0.6 is 0 Å². The van der Waals surface area contributed by atoms with Crippen LogP contribution in [0.2, 0.25) is 0 Å². The van der Waals surface area contributed by atoms with Crippen molar-refractivity contribution in [3.05, 3.63) is 47.3 Å². The Hall–Kier alpha value is -3.02. The third-order valence-electron chi connectivity index (χ3n) is 5.11. The third-order valence-corrected chi connectivity index (χ3v) is 5.11. The number of anilines is 1. The quantitative estimate of drug-likeness (QED) is 0.734. The Bertz CT molecular complexity index is 1030. The number of benzene rings is 1. The molecule has 1 aromatic carbocycles. The molecule has 0 aliphatic heterocycles. The smallest absolute Gasteiger partial charge is 0.258 e. The zero-order valence-electron chi connectivity index (χ0n) is 16.0. The number of amides is 1. The average molecular weight is 365 g/mol. The number of rotatable bonds is 5. The van der Waals surface area contributed by atoms with E-state index in [2.05, 4.69) is 14.9 Å². The molecule has 1 amide bonds. The van der Waals surface area contributed by atoms with Crippen LogP contribution in [0.4, 0.5) is 5.69 Å². The molecule has 1 saturated carbocycles. The van der Waals surface area contributed by atoms with Gasteiger partial charge >= 0.3 is 0 Å². The van der Waals surface area contributed by atoms with E-state index in [0.717, 1.165) is 35.2 Å². The Morgan fingerprint density at radius 3 is 2.56 bits per heavy atom. The number of carbonyl (C=O) groups excluding carboxylic acids is 1. The van der Waals surface area contributed by atoms with E-state index < -0.39 is 0 Å². The molecule has 1 aliphatic rings. The van der Waals surface area contributed by atoms with Crippen molar-refractivity contribution in [2.24, 2.45) is 0 Å². The van der Waals surface area contributed by atoms with Gasteiger partial charge in [-0.15, -0.1) is 0 Å². The molecule has 6 nitrogen and oxygen atoms in total. The molecule has 0 bridgehead atoms. The van der Waals surface area contributed by atoms with Crippen LogP contribution in [0.5, 0.6) is 11.6 Å². The van der Waals surface area contributed by atoms with Crippen LogP contribution in [0.3, 0.4) is 0 Å². The van der Waals surface area contributed by atoms with Gasteiger partial charge in [-0.2, -0.15) is 0 Å². The maximum atomic E-state index is 13.2. The standard InChI is InChI=1S/C21H23N3O3/c1-12-17(8-10-19(22-12)27-4)23-21(25)20-13(2)24(14-5-6-14)18-9-7-15(26-3)11-16(18)20/h7-11,14H,5-6H2,1-4H3,(H,23,25). The predicted molar refractivity (Wildman–Crippen MR) is 105 cm³/mol. The van der Waals surface area contributed by atoms with Gasteiger partial charge in [-0.1, -0.05) is 0 Å². The normalized spacial score (nSPS) is 13.6. The lowest BCUT2D eigenvalue weighted by atomic mass is 10.1. The number of methoxy groups -OCH3 is 2. The summed E-state index contributed by atoms with van der Waals surface area (Å²) in [4.78, 5) is 17.5. The van der Waals surface area contributed by atoms with Crippen molar-refractivity contribution >= 4 is 22.5 Å². The van der Waals surface area contributed by atoms with E-state index in [4.69, 9.17) is 9.47 Å². The highest BCUT2D eigenvalue weighted by Gasteiger charge is 2.30. The monoisotopic (exact) mass is 365 g/mol. The van der Waals surface area contributed by atoms with E-state index in [0.29, 0.717) is 28.9 Å². The maximum Gasteiger partial charge on any atom is 0.258 e. The summed E-state index contributed by atoms with van der Waals surface area (Å²) in [6, 6.07) is 9.96. The first-order valence-corrected chi connectivity index (χ1v) is 9.05. The maximum absolute atomic E-state index is 13.2. The predicted octanol–water partition coefficient (Wildman–Crippen LogP) is 4.26. The Morgan fingerprint density at radius 2 is 1.93 bits per heavy atom. The minimum absolute atomic E-state index is 0.139. The second-order valence-corrected chi connectivity index (χ2v) is 6.89. The molecule has 0 saturated heterocycles. The largest absolute Gasteiger partial charge is 0.497 e. The van der Waals surface area contributed by atoms with Crippen molar-refractivity contribution in [1.29, 1.82) is 0 Å². The topological polar surface area (TPSA) is 65.4 Å². The number of hydrogen-bond acceptors (Lipinski definition) is 4. The van der Waals surface area contributed by atoms with Gasteiger partial charge in [0.1, 0.15) is 5.75 Å². The van der Waals surface area contributed by atoms with Crippen LogP contribution in [-0.4, -0.2) is 29.7 Å². The molecule has 1 aliphatic carbocycles. The van der Waals surface area contributed by atoms with Crippen molar-refractivity contribution in [2.45, 2.75) is 32.7 Å². The van der Waals surface area contributed by atoms with Gasteiger partial charge in [-0.05, 0) is 51.0 Å². The number of fused-ring (bicyclic) bond motifs is 1. The molecule has 2 aromatic heterocycles. The molecule has 1 N–H and O–H groups in total. The molecule has 1 fully saturated rings. The van der Waals surface area contributed by atoms with E-state index in [1.54, 1.807) is 20.3 Å². The Kier molecular flexibility index (Phi) is 4.26. The van der Waals surface area contributed by atoms with Crippen LogP contribution in [0, 0.1) is 13.8 Å². The zero-order valence-corrected chi connectivity index (χ0v) is 16.0. The summed E-state index contributed by atoms with van der Waals surface area (Å²) < 4.78 is 12.8. The molecule has 4 rings (SSSR count). The van der Waals surface area contributed by atoms with E-state index in [1.807, 2.05) is 38.1 Å². The summed E-state index contributed by atoms with van der Waals surface area (Å²) >= 11 is 0. The second-order valence-electron chi connectivity index (χ2n) is 6.89. The summed E-state index contributed by atoms with van der Waals surface area (Å²) in [6.45, 7) is 3.86. The van der Waals surface area contributed by atoms with Crippen LogP contribution < -0.4 is 14.8 Å². The zero-order chi connectivity index (χ0) is 19.1. The molecule has 3 aromatic rings. The van der Waals surface area contributed by atoms with Crippen molar-refractivity contribution < 1.29 is 14.3 Å². The van der Waals surface area contributed by atoms with E-state index in [-0.39, 0.29) is 5.91 Å². The summed E-state index contributed by atoms with van der Waals surface area (Å²) in [5, 5.41) is 3.92. The number of carbonyl (C=O) groups is 1. The second kappa shape index (κ2) is 6.61. The van der Waals surface area contributed by atoms with Crippen LogP contribution in [0.25, 0.3) is 10.9 Å². The van der Waals surface area contributed by atoms with Crippen LogP contribution in [-0.2, 0) is 0 Å². The van der Waals surface area contributed by atoms with Gasteiger partial charge in [0, 0.05) is 28.7 Å². The van der Waals surface area contributed by atoms with Gasteiger partial charge < -0.3 is 19.4 Å². The first-order valence-electron chi connectivity index (χ1n) is 9.05. The molecule has 2 heterocycles. The summed E-state index contributed by atoms with van der Waals surface area (Å²) in [5.74, 6) is 1.13. The fraction of sp³-hybridized carbons (Fsp3) is 0.333. The average Bonchev–Trinajstić information content (AvgIpc) is 3.45. The number of nitrogens with one attached hydrogen (secondary N) is 1. The van der Waals surface area contributed by atoms with Crippen molar-refractivity contribution in [3.63, 3.8) is 0 Å². The van der Waals surface area contributed by atoms with E-state index in [9.17, 15) is 4.79 Å². The van der Waals surface area contributed by atoms with E-state index >= 15 is 0 Å². The molecule has 0 atom stereocenters. The Balaban J connectivity index is 1.78. The lowest BCUT2D eigenvalue weighted by Gasteiger charge is -2.10. The SMILES string of the molecule is COc1ccc2c(c1)c(C(=O)Nc1ccc(OC)nc1C)c(C)n2C1CC1. The van der Waals surface area contributed by atoms with Gasteiger partial charge in [-0.25, -0.2) is 4.98 Å². The first-order chi connectivity index (χ1) is 13.0. The molecule has 0 unspecified atom stereocenters. The molecular weight excluding hydrogens is 342 g/mol. The molecule has 6 heteroatoms. The van der Waals surface area contributed by atoms with Gasteiger partial charge in [0.2, 0.25) is 5.88 Å². The van der Waals surface area contributed by atoms with Gasteiger partial charge in [-0.3, -0.25) is 4.79 Å². The number of aryl methyl sites for hydroxylation is 1. The Morgan fingerprint density at radius 1 is 1.15 bits per heavy atom. The van der Waals surface area contributed by atoms with Gasteiger partial charge in [0.05, 0.1) is 31.2 Å². The highest BCUT2D eigenvalue weighted by atomic mass is 16.5. The van der Waals surface area contributed by atoms with Crippen LogP contribution in [0.1, 0.15) is 40.6 Å². The molecule has 140 valence electrons. The van der Waals surface area contributed by atoms with Crippen molar-refractivity contribution in [1.82, 2.24) is 9.55 Å². The van der Waals surface area contributed by atoms with E-state index in [1.165, 1.54) is 0 Å². The Labute approximate surface area is 158 Å². The molecule has 0 radical (unpaired) electrons. The molecule has 27 heavy (non-hydrogen) atoms. The van der Waals surface area contributed by atoms with Crippen molar-refractivity contribution in [3.8, 4) is 11.6 Å². The lowest BCUT2D eigenvalue weighted by Crippen LogP contribution is -2.14. The highest BCUT2D eigenvalue weighted by molar-refractivity contribution is 6.14. The van der Waals surface area contributed by atoms with Gasteiger partial charge in [0.25, 0.3) is 5.91 Å². The highest BCUT2D eigenvalue weighted by Crippen LogP contribution is 2.42. The number of aromatic nitrogens is 2. The summed E-state index contributed by atoms with van der Waals surface area (Å²) in [6.07, 6.45) is 2.30. The number of pyridine rings is 1. The minimum Gasteiger partial charge on any atom is -0.497 e. The number of hydrogen-bond donors (Lipinski definition) is 1. The van der Waals surface area contributed by atoms with Crippen molar-refractivity contribution in [2.75, 3.05) is 19.5 Å². The van der Waals surface area contributed by atoms with Gasteiger partial charge in [0.15, 0.2) is 0 Å². The lowest BCUT2D eigenvalue weighted by molar-refractivity contribution is 0.102. The summed E-state index contributed by atoms with van der Waals surface area (Å²) in [5.41, 5.74) is 4.13. The number of ether oxygens (including phenoxy) is 2. The summed E-state index contributed by atoms with van der Waals surface area (Å²) in [7, 11) is 3.21. The van der Waals surface area contributed by atoms with Crippen LogP contribution in [0.15, 0.2) is 30.3 Å². The molecule has 0 spiro atoms. The molecular formula is C21H23N3O3. The fourth-order valence-corrected chi connectivity index (χ4v) is 3.61. The number of nitrogens with zero attached hydrogens (tertiary/aromatic N) is 2. The minimum atomic E-state index is -0.139. The third kappa shape index (κ3) is 3.01. The fourth-order valence-electron chi connectivity index (χ4n) is 3.61.